The number of amides is 1. The number of likely N-dealkylation sites (N-methyl/N-ethyl adjacent to an activating group) is 1. The second-order valence-corrected chi connectivity index (χ2v) is 8.05. The molecule has 0 radical (unpaired) electrons. The molecule has 0 aromatic carbocycles. The molecule has 0 aliphatic carbocycles. The summed E-state index contributed by atoms with van der Waals surface area (Å²) in [5, 5.41) is 17.4. The van der Waals surface area contributed by atoms with E-state index in [2.05, 4.69) is 22.4 Å². The van der Waals surface area contributed by atoms with Crippen LogP contribution in [0.15, 0.2) is 0 Å². The van der Waals surface area contributed by atoms with Crippen LogP contribution in [0.2, 0.25) is 0 Å². The van der Waals surface area contributed by atoms with E-state index in [0.717, 1.165) is 50.3 Å². The van der Waals surface area contributed by atoms with Gasteiger partial charge in [0.25, 0.3) is 0 Å². The molecule has 0 bridgehead atoms. The lowest BCUT2D eigenvalue weighted by molar-refractivity contribution is -0.136. The number of carbonyl (C=O) groups is 1. The number of fused-ring (bicyclic) bond motifs is 1. The summed E-state index contributed by atoms with van der Waals surface area (Å²) in [6, 6.07) is -0.00565. The van der Waals surface area contributed by atoms with E-state index in [0.29, 0.717) is 17.7 Å². The Kier molecular flexibility index (Phi) is 4.33. The van der Waals surface area contributed by atoms with Gasteiger partial charge in [-0.05, 0) is 44.8 Å². The number of nitrogens with one attached hydrogen (secondary N) is 1. The van der Waals surface area contributed by atoms with Gasteiger partial charge in [-0.2, -0.15) is 5.10 Å². The number of nitrogens with zero attached hydrogens (tertiary/aromatic N) is 4. The van der Waals surface area contributed by atoms with Crippen LogP contribution in [0.4, 0.5) is 0 Å². The van der Waals surface area contributed by atoms with Crippen molar-refractivity contribution in [3.63, 3.8) is 0 Å². The van der Waals surface area contributed by atoms with Crippen molar-refractivity contribution in [2.45, 2.75) is 44.9 Å². The fourth-order valence-electron chi connectivity index (χ4n) is 5.06. The van der Waals surface area contributed by atoms with Gasteiger partial charge in [0.1, 0.15) is 0 Å². The van der Waals surface area contributed by atoms with Crippen molar-refractivity contribution in [1.82, 2.24) is 24.9 Å². The molecule has 2 fully saturated rings. The highest BCUT2D eigenvalue weighted by Crippen LogP contribution is 2.42. The van der Waals surface area contributed by atoms with Gasteiger partial charge in [0.2, 0.25) is 5.91 Å². The Morgan fingerprint density at radius 1 is 1.36 bits per heavy atom. The highest BCUT2D eigenvalue weighted by atomic mass is 16.3. The first kappa shape index (κ1) is 17.0. The number of hydrogen-bond acceptors (Lipinski definition) is 5. The molecule has 1 atom stereocenters. The Balaban J connectivity index is 1.50. The zero-order chi connectivity index (χ0) is 17.6. The molecule has 1 spiro atoms. The van der Waals surface area contributed by atoms with E-state index < -0.39 is 0 Å². The van der Waals surface area contributed by atoms with Gasteiger partial charge in [-0.1, -0.05) is 0 Å². The molecule has 1 amide bonds. The van der Waals surface area contributed by atoms with Gasteiger partial charge in [-0.3, -0.25) is 14.4 Å². The van der Waals surface area contributed by atoms with Crippen molar-refractivity contribution in [3.8, 4) is 0 Å². The Hall–Kier alpha value is -1.44. The molecule has 3 aliphatic rings. The van der Waals surface area contributed by atoms with E-state index in [-0.39, 0.29) is 18.6 Å². The lowest BCUT2D eigenvalue weighted by Gasteiger charge is -2.34. The number of aliphatic hydroxyl groups is 1. The minimum absolute atomic E-state index is 0.00565. The largest absolute Gasteiger partial charge is 0.390 e. The average molecular weight is 347 g/mol. The van der Waals surface area contributed by atoms with Crippen molar-refractivity contribution >= 4 is 5.91 Å². The summed E-state index contributed by atoms with van der Waals surface area (Å²) in [5.41, 5.74) is 3.22. The number of hydrogen-bond donors (Lipinski definition) is 2. The Labute approximate surface area is 149 Å². The molecule has 7 nitrogen and oxygen atoms in total. The van der Waals surface area contributed by atoms with Gasteiger partial charge in [0.15, 0.2) is 0 Å². The number of aliphatic hydroxyl groups excluding tert-OH is 1. The van der Waals surface area contributed by atoms with Crippen molar-refractivity contribution in [2.24, 2.45) is 12.5 Å². The van der Waals surface area contributed by atoms with Crippen molar-refractivity contribution in [2.75, 3.05) is 33.2 Å². The summed E-state index contributed by atoms with van der Waals surface area (Å²) < 4.78 is 1.86. The van der Waals surface area contributed by atoms with Crippen molar-refractivity contribution in [3.05, 3.63) is 17.0 Å². The normalized spacial score (nSPS) is 26.2. The summed E-state index contributed by atoms with van der Waals surface area (Å²) in [5.74, 6) is 0.247. The van der Waals surface area contributed by atoms with E-state index in [1.54, 1.807) is 0 Å². The third-order valence-corrected chi connectivity index (χ3v) is 6.48. The predicted octanol–water partition coefficient (Wildman–Crippen LogP) is -0.129. The Bertz CT molecular complexity index is 665. The molecule has 138 valence electrons. The number of rotatable bonds is 2. The molecule has 4 heterocycles. The topological polar surface area (TPSA) is 73.6 Å². The Morgan fingerprint density at radius 3 is 2.84 bits per heavy atom. The zero-order valence-corrected chi connectivity index (χ0v) is 15.3. The molecule has 1 aromatic heterocycles. The maximum Gasteiger partial charge on any atom is 0.240 e. The van der Waals surface area contributed by atoms with E-state index in [9.17, 15) is 9.90 Å². The van der Waals surface area contributed by atoms with Gasteiger partial charge < -0.3 is 15.3 Å². The van der Waals surface area contributed by atoms with Gasteiger partial charge >= 0.3 is 0 Å². The summed E-state index contributed by atoms with van der Waals surface area (Å²) in [7, 11) is 4.01. The molecule has 0 saturated carbocycles. The molecular weight excluding hydrogens is 318 g/mol. The quantitative estimate of drug-likeness (QED) is 0.780. The summed E-state index contributed by atoms with van der Waals surface area (Å²) in [6.07, 6.45) is 4.13. The maximum absolute atomic E-state index is 13.2. The van der Waals surface area contributed by atoms with Crippen LogP contribution in [0.3, 0.4) is 0 Å². The van der Waals surface area contributed by atoms with Crippen LogP contribution in [0, 0.1) is 5.41 Å². The Morgan fingerprint density at radius 2 is 2.12 bits per heavy atom. The van der Waals surface area contributed by atoms with Crippen molar-refractivity contribution < 1.29 is 9.90 Å². The fraction of sp³-hybridized carbons (Fsp3) is 0.778. The van der Waals surface area contributed by atoms with E-state index in [4.69, 9.17) is 0 Å². The molecule has 7 heteroatoms. The first-order valence-corrected chi connectivity index (χ1v) is 9.37. The number of aromatic nitrogens is 2. The van der Waals surface area contributed by atoms with Crippen LogP contribution in [0.25, 0.3) is 0 Å². The van der Waals surface area contributed by atoms with Crippen LogP contribution in [0.1, 0.15) is 36.2 Å². The van der Waals surface area contributed by atoms with Crippen LogP contribution >= 0.6 is 0 Å². The molecule has 1 aromatic rings. The van der Waals surface area contributed by atoms with Crippen molar-refractivity contribution in [1.29, 1.82) is 0 Å². The molecule has 3 aliphatic heterocycles. The average Bonchev–Trinajstić information content (AvgIpc) is 3.11. The lowest BCUT2D eigenvalue weighted by Crippen LogP contribution is -2.46. The smallest absolute Gasteiger partial charge is 0.240 e. The first-order chi connectivity index (χ1) is 12.0. The second-order valence-electron chi connectivity index (χ2n) is 8.05. The number of carbonyl (C=O) groups excluding carboxylic acids is 1. The SMILES string of the molecule is CN1CC2(CCNCC2)CC1C(=O)N1CCc2c(c(CO)nn2C)C1. The van der Waals surface area contributed by atoms with Crippen LogP contribution in [-0.2, 0) is 31.4 Å². The fourth-order valence-corrected chi connectivity index (χ4v) is 5.06. The number of aryl methyl sites for hydroxylation is 1. The van der Waals surface area contributed by atoms with Gasteiger partial charge in [0.05, 0.1) is 18.3 Å². The molecule has 2 saturated heterocycles. The molecule has 25 heavy (non-hydrogen) atoms. The molecule has 1 unspecified atom stereocenters. The number of piperidine rings is 1. The van der Waals surface area contributed by atoms with Gasteiger partial charge in [0, 0.05) is 44.4 Å². The first-order valence-electron chi connectivity index (χ1n) is 9.37. The third kappa shape index (κ3) is 2.88. The molecule has 2 N–H and O–H groups in total. The second kappa shape index (κ2) is 6.37. The van der Waals surface area contributed by atoms with E-state index >= 15 is 0 Å². The van der Waals surface area contributed by atoms with E-state index in [1.807, 2.05) is 16.6 Å². The third-order valence-electron chi connectivity index (χ3n) is 6.48. The summed E-state index contributed by atoms with van der Waals surface area (Å²) in [4.78, 5) is 17.5. The summed E-state index contributed by atoms with van der Waals surface area (Å²) in [6.45, 7) is 4.42. The lowest BCUT2D eigenvalue weighted by atomic mass is 9.77. The molecular formula is C18H29N5O2. The minimum atomic E-state index is -0.0648. The minimum Gasteiger partial charge on any atom is -0.390 e. The number of likely N-dealkylation sites (tertiary alicyclic amines) is 1. The maximum atomic E-state index is 13.2. The van der Waals surface area contributed by atoms with E-state index in [1.165, 1.54) is 12.8 Å². The highest BCUT2D eigenvalue weighted by Gasteiger charge is 2.46. The monoisotopic (exact) mass is 347 g/mol. The van der Waals surface area contributed by atoms with Gasteiger partial charge in [-0.15, -0.1) is 0 Å². The molecule has 4 rings (SSSR count). The standard InChI is InChI=1S/C18H29N5O2/c1-21-12-18(4-6-19-7-5-18)9-16(21)17(25)23-8-3-15-13(10-23)14(11-24)20-22(15)2/h16,19,24H,3-12H2,1-2H3. The predicted molar refractivity (Wildman–Crippen MR) is 93.8 cm³/mol. The summed E-state index contributed by atoms with van der Waals surface area (Å²) >= 11 is 0. The highest BCUT2D eigenvalue weighted by molar-refractivity contribution is 5.82. The van der Waals surface area contributed by atoms with Crippen LogP contribution in [-0.4, -0.2) is 69.9 Å². The van der Waals surface area contributed by atoms with Crippen LogP contribution < -0.4 is 5.32 Å². The van der Waals surface area contributed by atoms with Gasteiger partial charge in [-0.25, -0.2) is 0 Å². The van der Waals surface area contributed by atoms with Crippen LogP contribution in [0.5, 0.6) is 0 Å². The zero-order valence-electron chi connectivity index (χ0n) is 15.3.